The molecule has 2 heterocycles. The second-order valence-corrected chi connectivity index (χ2v) is 15.1. The molecule has 8 aromatic rings. The Kier molecular flexibility index (Phi) is 8.42. The Labute approximate surface area is 327 Å². The van der Waals surface area contributed by atoms with Crippen molar-refractivity contribution in [2.75, 3.05) is 0 Å². The molecule has 1 fully saturated rings. The number of benzene rings is 6. The first kappa shape index (κ1) is 33.6. The summed E-state index contributed by atoms with van der Waals surface area (Å²) in [6, 6.07) is 58.1. The zero-order valence-corrected chi connectivity index (χ0v) is 31.0. The van der Waals surface area contributed by atoms with E-state index >= 15 is 0 Å². The molecule has 1 spiro atoms. The molecule has 0 aliphatic heterocycles. The van der Waals surface area contributed by atoms with Gasteiger partial charge in [-0.25, -0.2) is 9.97 Å². The van der Waals surface area contributed by atoms with Gasteiger partial charge >= 0.3 is 0 Å². The third-order valence-electron chi connectivity index (χ3n) is 11.9. The van der Waals surface area contributed by atoms with Gasteiger partial charge in [0.05, 0.1) is 23.0 Å². The van der Waals surface area contributed by atoms with Crippen molar-refractivity contribution in [1.29, 1.82) is 5.26 Å². The molecule has 0 atom stereocenters. The molecule has 4 heteroatoms. The van der Waals surface area contributed by atoms with Crippen LogP contribution in [0.3, 0.4) is 0 Å². The van der Waals surface area contributed by atoms with Gasteiger partial charge in [-0.1, -0.05) is 147 Å². The molecule has 10 rings (SSSR count). The summed E-state index contributed by atoms with van der Waals surface area (Å²) in [6.45, 7) is 0. The van der Waals surface area contributed by atoms with E-state index in [1.165, 1.54) is 71.0 Å². The lowest BCUT2D eigenvalue weighted by Gasteiger charge is -2.36. The van der Waals surface area contributed by atoms with Gasteiger partial charge in [0.2, 0.25) is 0 Å². The second-order valence-electron chi connectivity index (χ2n) is 15.1. The lowest BCUT2D eigenvalue weighted by atomic mass is 9.67. The number of fused-ring (bicyclic) bond motifs is 5. The fraction of sp³-hybridized carbons (Fsp3) is 0.115. The lowest BCUT2D eigenvalue weighted by Crippen LogP contribution is -2.28. The molecule has 4 nitrogen and oxygen atoms in total. The molecular weight excluding hydrogens is 681 g/mol. The zero-order valence-electron chi connectivity index (χ0n) is 31.0. The van der Waals surface area contributed by atoms with Crippen molar-refractivity contribution in [3.05, 3.63) is 187 Å². The van der Waals surface area contributed by atoms with Crippen LogP contribution in [0, 0.1) is 11.3 Å². The maximum Gasteiger partial charge on any atom is 0.160 e. The average molecular weight is 719 g/mol. The van der Waals surface area contributed by atoms with Gasteiger partial charge in [0.1, 0.15) is 0 Å². The van der Waals surface area contributed by atoms with Crippen LogP contribution >= 0.6 is 0 Å². The number of pyridine rings is 1. The Morgan fingerprint density at radius 2 is 1.02 bits per heavy atom. The Morgan fingerprint density at radius 1 is 0.446 bits per heavy atom. The van der Waals surface area contributed by atoms with Crippen LogP contribution in [0.2, 0.25) is 0 Å². The molecule has 0 bridgehead atoms. The summed E-state index contributed by atoms with van der Waals surface area (Å²) in [7, 11) is 0. The van der Waals surface area contributed by atoms with Crippen LogP contribution in [0.25, 0.3) is 78.4 Å². The van der Waals surface area contributed by atoms with Crippen LogP contribution in [0.5, 0.6) is 0 Å². The maximum absolute atomic E-state index is 9.66. The summed E-state index contributed by atoms with van der Waals surface area (Å²) < 4.78 is 0. The molecule has 0 radical (unpaired) electrons. The predicted molar refractivity (Wildman–Crippen MR) is 226 cm³/mol. The molecule has 2 aliphatic carbocycles. The highest BCUT2D eigenvalue weighted by Gasteiger charge is 2.43. The summed E-state index contributed by atoms with van der Waals surface area (Å²) in [6.07, 6.45) is 9.79. The number of nitriles is 1. The first-order valence-corrected chi connectivity index (χ1v) is 19.5. The largest absolute Gasteiger partial charge is 0.264 e. The van der Waals surface area contributed by atoms with Crippen molar-refractivity contribution < 1.29 is 0 Å². The Hall–Kier alpha value is -6.96. The van der Waals surface area contributed by atoms with Gasteiger partial charge < -0.3 is 0 Å². The van der Waals surface area contributed by atoms with E-state index in [1.54, 1.807) is 6.20 Å². The summed E-state index contributed by atoms with van der Waals surface area (Å²) in [5, 5.41) is 9.66. The number of aromatic nitrogens is 3. The fourth-order valence-corrected chi connectivity index (χ4v) is 8.96. The number of hydrogen-bond donors (Lipinski definition) is 0. The summed E-state index contributed by atoms with van der Waals surface area (Å²) in [4.78, 5) is 14.4. The fourth-order valence-electron chi connectivity index (χ4n) is 8.96. The van der Waals surface area contributed by atoms with Gasteiger partial charge in [0.15, 0.2) is 5.82 Å². The minimum absolute atomic E-state index is 0.0474. The van der Waals surface area contributed by atoms with Crippen molar-refractivity contribution in [2.45, 2.75) is 37.5 Å². The van der Waals surface area contributed by atoms with E-state index in [4.69, 9.17) is 9.97 Å². The molecule has 56 heavy (non-hydrogen) atoms. The van der Waals surface area contributed by atoms with Crippen molar-refractivity contribution in [1.82, 2.24) is 15.0 Å². The highest BCUT2D eigenvalue weighted by molar-refractivity contribution is 5.85. The SMILES string of the molecule is N#Cc1ccc2c(c1)-c1ccc(-c3ccc(-c4ccc(-c5cc(-c6ccc(-c7cccnc7)cc6)nc(-c6ccccc6)n5)cc4)cc3)cc1C21CCCCC1. The van der Waals surface area contributed by atoms with Crippen LogP contribution in [0.1, 0.15) is 48.8 Å². The Balaban J connectivity index is 0.943. The Bertz CT molecular complexity index is 2740. The zero-order chi connectivity index (χ0) is 37.5. The molecule has 2 aliphatic rings. The van der Waals surface area contributed by atoms with Crippen molar-refractivity contribution >= 4 is 0 Å². The highest BCUT2D eigenvalue weighted by atomic mass is 14.9. The molecule has 0 saturated heterocycles. The molecule has 0 amide bonds. The van der Waals surface area contributed by atoms with E-state index in [1.807, 2.05) is 36.5 Å². The van der Waals surface area contributed by atoms with Crippen molar-refractivity contribution in [3.8, 4) is 84.5 Å². The quantitative estimate of drug-likeness (QED) is 0.172. The topological polar surface area (TPSA) is 62.5 Å². The summed E-state index contributed by atoms with van der Waals surface area (Å²) in [5.74, 6) is 0.700. The standard InChI is InChI=1S/C52H38N4/c53-33-35-11-26-47-46(30-35)45-25-24-43(31-48(45)52(47)27-5-2-6-28-52)38-14-12-36(13-15-38)37-16-20-40(21-17-37)49-32-50(56-51(55-49)42-8-3-1-4-9-42)41-22-18-39(19-23-41)44-10-7-29-54-34-44/h1,3-4,7-26,29-32,34H,2,5-6,27-28H2. The van der Waals surface area contributed by atoms with Crippen LogP contribution < -0.4 is 0 Å². The van der Waals surface area contributed by atoms with E-state index in [2.05, 4.69) is 138 Å². The average Bonchev–Trinajstić information content (AvgIpc) is 3.54. The minimum Gasteiger partial charge on any atom is -0.264 e. The summed E-state index contributed by atoms with van der Waals surface area (Å²) in [5.41, 5.74) is 18.0. The first-order chi connectivity index (χ1) is 27.6. The van der Waals surface area contributed by atoms with Crippen LogP contribution in [-0.2, 0) is 5.41 Å². The highest BCUT2D eigenvalue weighted by Crippen LogP contribution is 2.56. The van der Waals surface area contributed by atoms with Gasteiger partial charge in [-0.3, -0.25) is 4.98 Å². The van der Waals surface area contributed by atoms with Gasteiger partial charge in [0.25, 0.3) is 0 Å². The number of hydrogen-bond acceptors (Lipinski definition) is 4. The monoisotopic (exact) mass is 718 g/mol. The minimum atomic E-state index is 0.0474. The third kappa shape index (κ3) is 5.99. The maximum atomic E-state index is 9.66. The molecule has 1 saturated carbocycles. The van der Waals surface area contributed by atoms with E-state index in [-0.39, 0.29) is 5.41 Å². The van der Waals surface area contributed by atoms with E-state index in [9.17, 15) is 5.26 Å². The molecule has 0 unspecified atom stereocenters. The number of rotatable bonds is 6. The van der Waals surface area contributed by atoms with E-state index in [0.717, 1.165) is 50.3 Å². The Morgan fingerprint density at radius 3 is 1.62 bits per heavy atom. The second kappa shape index (κ2) is 14.0. The normalized spacial score (nSPS) is 13.8. The molecule has 266 valence electrons. The number of nitrogens with zero attached hydrogens (tertiary/aromatic N) is 4. The van der Waals surface area contributed by atoms with Crippen LogP contribution in [0.15, 0.2) is 170 Å². The molecular formula is C52H38N4. The van der Waals surface area contributed by atoms with Gasteiger partial charge in [-0.15, -0.1) is 0 Å². The lowest BCUT2D eigenvalue weighted by molar-refractivity contribution is 0.353. The van der Waals surface area contributed by atoms with Gasteiger partial charge in [-0.2, -0.15) is 5.26 Å². The summed E-state index contributed by atoms with van der Waals surface area (Å²) >= 11 is 0. The van der Waals surface area contributed by atoms with Crippen molar-refractivity contribution in [2.24, 2.45) is 0 Å². The van der Waals surface area contributed by atoms with Crippen molar-refractivity contribution in [3.63, 3.8) is 0 Å². The van der Waals surface area contributed by atoms with Crippen LogP contribution in [-0.4, -0.2) is 15.0 Å². The van der Waals surface area contributed by atoms with Gasteiger partial charge in [-0.05, 0) is 98.8 Å². The molecule has 2 aromatic heterocycles. The first-order valence-electron chi connectivity index (χ1n) is 19.5. The van der Waals surface area contributed by atoms with Crippen LogP contribution in [0.4, 0.5) is 0 Å². The smallest absolute Gasteiger partial charge is 0.160 e. The van der Waals surface area contributed by atoms with Gasteiger partial charge in [0, 0.05) is 34.5 Å². The predicted octanol–water partition coefficient (Wildman–Crippen LogP) is 13.0. The third-order valence-corrected chi connectivity index (χ3v) is 11.9. The van der Waals surface area contributed by atoms with E-state index < -0.39 is 0 Å². The molecule has 6 aromatic carbocycles. The molecule has 0 N–H and O–H groups in total. The van der Waals surface area contributed by atoms with E-state index in [0.29, 0.717) is 5.82 Å².